The summed E-state index contributed by atoms with van der Waals surface area (Å²) in [5.74, 6) is 2.04. The normalized spacial score (nSPS) is 20.9. The second-order valence-corrected chi connectivity index (χ2v) is 10.9. The van der Waals surface area contributed by atoms with E-state index in [4.69, 9.17) is 0 Å². The maximum absolute atomic E-state index is 4.39. The van der Waals surface area contributed by atoms with Crippen LogP contribution >= 0.6 is 0 Å². The van der Waals surface area contributed by atoms with Crippen LogP contribution in [0.2, 0.25) is 0 Å². The fourth-order valence-corrected chi connectivity index (χ4v) is 6.03. The second kappa shape index (κ2) is 11.8. The second-order valence-electron chi connectivity index (χ2n) is 10.9. The third-order valence-corrected chi connectivity index (χ3v) is 8.18. The third-order valence-electron chi connectivity index (χ3n) is 8.18. The van der Waals surface area contributed by atoms with Gasteiger partial charge in [-0.25, -0.2) is 0 Å². The molecule has 2 aliphatic rings. The van der Waals surface area contributed by atoms with E-state index in [-0.39, 0.29) is 0 Å². The molecule has 2 aliphatic carbocycles. The molecule has 2 aromatic rings. The number of allylic oxidation sites excluding steroid dienone is 5. The molecule has 0 bridgehead atoms. The largest absolute Gasteiger partial charge is 0.359 e. The smallest absolute Gasteiger partial charge is 0.0450 e. The lowest BCUT2D eigenvalue weighted by molar-refractivity contribution is 0.290. The van der Waals surface area contributed by atoms with Crippen molar-refractivity contribution in [3.63, 3.8) is 0 Å². The molecule has 0 unspecified atom stereocenters. The maximum atomic E-state index is 4.39. The van der Waals surface area contributed by atoms with Gasteiger partial charge in [-0.15, -0.1) is 6.58 Å². The number of hydrogen-bond acceptors (Lipinski definition) is 1. The molecule has 0 spiro atoms. The van der Waals surface area contributed by atoms with Gasteiger partial charge in [-0.3, -0.25) is 0 Å². The van der Waals surface area contributed by atoms with Gasteiger partial charge in [0, 0.05) is 11.4 Å². The molecule has 0 aromatic heterocycles. The lowest BCUT2D eigenvalue weighted by atomic mass is 9.79. The minimum absolute atomic E-state index is 0.441. The Balaban J connectivity index is 1.38. The van der Waals surface area contributed by atoms with E-state index in [2.05, 4.69) is 99.9 Å². The quantitative estimate of drug-likeness (QED) is 0.345. The molecule has 3 atom stereocenters. The molecular formula is C34H43N. The van der Waals surface area contributed by atoms with Gasteiger partial charge in [0.05, 0.1) is 0 Å². The Morgan fingerprint density at radius 1 is 1.09 bits per heavy atom. The summed E-state index contributed by atoms with van der Waals surface area (Å²) < 4.78 is 0. The van der Waals surface area contributed by atoms with Crippen molar-refractivity contribution in [2.75, 3.05) is 0 Å². The molecule has 1 heteroatoms. The van der Waals surface area contributed by atoms with Gasteiger partial charge in [-0.1, -0.05) is 87.0 Å². The van der Waals surface area contributed by atoms with Crippen molar-refractivity contribution < 1.29 is 0 Å². The fourth-order valence-electron chi connectivity index (χ4n) is 6.03. The summed E-state index contributed by atoms with van der Waals surface area (Å²) in [6.07, 6.45) is 14.3. The average Bonchev–Trinajstić information content (AvgIpc) is 3.23. The van der Waals surface area contributed by atoms with Gasteiger partial charge in [0.2, 0.25) is 0 Å². The van der Waals surface area contributed by atoms with Gasteiger partial charge < -0.3 is 5.32 Å². The third kappa shape index (κ3) is 6.45. The van der Waals surface area contributed by atoms with Crippen LogP contribution in [0.3, 0.4) is 0 Å². The number of benzene rings is 2. The predicted octanol–water partition coefficient (Wildman–Crippen LogP) is 9.28. The summed E-state index contributed by atoms with van der Waals surface area (Å²) in [6, 6.07) is 18.0. The zero-order chi connectivity index (χ0) is 24.8. The van der Waals surface area contributed by atoms with Crippen molar-refractivity contribution >= 4 is 5.57 Å². The van der Waals surface area contributed by atoms with Crippen LogP contribution in [-0.4, -0.2) is 0 Å². The Morgan fingerprint density at radius 3 is 2.60 bits per heavy atom. The van der Waals surface area contributed by atoms with E-state index in [1.165, 1.54) is 77.6 Å². The van der Waals surface area contributed by atoms with Crippen LogP contribution in [0.25, 0.3) is 5.57 Å². The number of aryl methyl sites for hydroxylation is 2. The highest BCUT2D eigenvalue weighted by atomic mass is 14.9. The van der Waals surface area contributed by atoms with E-state index >= 15 is 0 Å². The van der Waals surface area contributed by atoms with Gasteiger partial charge in [0.15, 0.2) is 0 Å². The Kier molecular flexibility index (Phi) is 8.50. The molecule has 0 aliphatic heterocycles. The Morgan fingerprint density at radius 2 is 1.86 bits per heavy atom. The summed E-state index contributed by atoms with van der Waals surface area (Å²) in [6.45, 7) is 15.1. The van der Waals surface area contributed by atoms with Gasteiger partial charge in [0.25, 0.3) is 0 Å². The van der Waals surface area contributed by atoms with Crippen LogP contribution in [0.4, 0.5) is 0 Å². The van der Waals surface area contributed by atoms with Crippen molar-refractivity contribution in [2.24, 2.45) is 11.8 Å². The summed E-state index contributed by atoms with van der Waals surface area (Å²) in [4.78, 5) is 0. The summed E-state index contributed by atoms with van der Waals surface area (Å²) in [7, 11) is 0. The van der Waals surface area contributed by atoms with E-state index in [0.29, 0.717) is 5.92 Å². The van der Waals surface area contributed by atoms with Crippen LogP contribution in [0, 0.1) is 18.8 Å². The SMILES string of the molecule is C=C[C@H]1CCC[C@H](CCc2ccc(C3=C(NC(=C)C[C@H](C)c4ccccc4C)C(C)=CC3)cc2)C1. The zero-order valence-electron chi connectivity index (χ0n) is 22.1. The lowest BCUT2D eigenvalue weighted by Gasteiger charge is -2.27. The van der Waals surface area contributed by atoms with E-state index in [1.54, 1.807) is 0 Å². The van der Waals surface area contributed by atoms with Crippen molar-refractivity contribution in [1.29, 1.82) is 0 Å². The van der Waals surface area contributed by atoms with Crippen LogP contribution < -0.4 is 5.32 Å². The molecule has 0 radical (unpaired) electrons. The van der Waals surface area contributed by atoms with Crippen molar-refractivity contribution in [1.82, 2.24) is 5.32 Å². The minimum Gasteiger partial charge on any atom is -0.359 e. The summed E-state index contributed by atoms with van der Waals surface area (Å²) in [5.41, 5.74) is 10.6. The topological polar surface area (TPSA) is 12.0 Å². The molecule has 2 aromatic carbocycles. The average molecular weight is 466 g/mol. The van der Waals surface area contributed by atoms with Gasteiger partial charge >= 0.3 is 0 Å². The van der Waals surface area contributed by atoms with Gasteiger partial charge in [-0.2, -0.15) is 0 Å². The van der Waals surface area contributed by atoms with Crippen molar-refractivity contribution in [3.8, 4) is 0 Å². The number of nitrogens with one attached hydrogen (secondary N) is 1. The van der Waals surface area contributed by atoms with E-state index in [0.717, 1.165) is 30.4 Å². The summed E-state index contributed by atoms with van der Waals surface area (Å²) in [5, 5.41) is 3.70. The Bertz CT molecular complexity index is 1100. The molecule has 1 saturated carbocycles. The van der Waals surface area contributed by atoms with Gasteiger partial charge in [0.1, 0.15) is 0 Å². The molecule has 1 fully saturated rings. The van der Waals surface area contributed by atoms with Crippen molar-refractivity contribution in [2.45, 2.75) is 78.1 Å². The first-order chi connectivity index (χ1) is 16.9. The first-order valence-electron chi connectivity index (χ1n) is 13.6. The maximum Gasteiger partial charge on any atom is 0.0450 e. The molecular weight excluding hydrogens is 422 g/mol. The van der Waals surface area contributed by atoms with Gasteiger partial charge in [-0.05, 0) is 104 Å². The minimum atomic E-state index is 0.441. The summed E-state index contributed by atoms with van der Waals surface area (Å²) >= 11 is 0. The highest BCUT2D eigenvalue weighted by Crippen LogP contribution is 2.35. The molecule has 1 nitrogen and oxygen atoms in total. The predicted molar refractivity (Wildman–Crippen MR) is 152 cm³/mol. The first kappa shape index (κ1) is 25.3. The standard InChI is InChI=1S/C34H43N/c1-6-28-11-9-12-30(23-28)16-15-29-17-19-31(20-18-29)33-21-14-25(3)34(33)35-27(5)22-26(4)32-13-8-7-10-24(32)2/h6-8,10,13-14,17-20,26,28,30,35H,1,5,9,11-12,15-16,21-23H2,2-4H3/t26-,28-,30+/m0/s1. The molecule has 184 valence electrons. The monoisotopic (exact) mass is 465 g/mol. The van der Waals surface area contributed by atoms with E-state index in [9.17, 15) is 0 Å². The van der Waals surface area contributed by atoms with E-state index in [1.807, 2.05) is 0 Å². The van der Waals surface area contributed by atoms with E-state index < -0.39 is 0 Å². The van der Waals surface area contributed by atoms with Crippen LogP contribution in [0.5, 0.6) is 0 Å². The fraction of sp³-hybridized carbons (Fsp3) is 0.412. The van der Waals surface area contributed by atoms with Crippen molar-refractivity contribution in [3.05, 3.63) is 113 Å². The first-order valence-corrected chi connectivity index (χ1v) is 13.6. The lowest BCUT2D eigenvalue weighted by Crippen LogP contribution is -2.15. The van der Waals surface area contributed by atoms with Crippen LogP contribution in [0.1, 0.15) is 87.0 Å². The Labute approximate surface area is 213 Å². The molecule has 1 N–H and O–H groups in total. The van der Waals surface area contributed by atoms with Crippen LogP contribution in [0.15, 0.2) is 90.8 Å². The highest BCUT2D eigenvalue weighted by molar-refractivity contribution is 5.76. The van der Waals surface area contributed by atoms with Crippen LogP contribution in [-0.2, 0) is 6.42 Å². The molecule has 0 amide bonds. The molecule has 0 saturated heterocycles. The molecule has 0 heterocycles. The Hall–Kier alpha value is -2.80. The number of rotatable bonds is 10. The highest BCUT2D eigenvalue weighted by Gasteiger charge is 2.20. The zero-order valence-corrected chi connectivity index (χ0v) is 22.1. The number of hydrogen-bond donors (Lipinski definition) is 1. The molecule has 35 heavy (non-hydrogen) atoms. The molecule has 4 rings (SSSR count).